The molecule has 1 fully saturated rings. The standard InChI is InChI=1S/C18H28F3N5O/c1-4-26(13(2)3)16-6-5-14(11-23-16)17(27)24-12-15(18(19,20)21)25-9-7-22-8-10-25/h5-6,11,13,15,22H,4,7-10,12H2,1-3H3,(H,24,27). The summed E-state index contributed by atoms with van der Waals surface area (Å²) in [6.07, 6.45) is -2.99. The van der Waals surface area contributed by atoms with E-state index in [9.17, 15) is 18.0 Å². The molecule has 27 heavy (non-hydrogen) atoms. The van der Waals surface area contributed by atoms with Crippen LogP contribution in [0.1, 0.15) is 31.1 Å². The molecule has 1 aliphatic rings. The maximum absolute atomic E-state index is 13.4. The molecular weight excluding hydrogens is 359 g/mol. The summed E-state index contributed by atoms with van der Waals surface area (Å²) in [4.78, 5) is 20.0. The SMILES string of the molecule is CCN(c1ccc(C(=O)NCC(N2CCNCC2)C(F)(F)F)cn1)C(C)C. The van der Waals surface area contributed by atoms with Crippen LogP contribution in [0.15, 0.2) is 18.3 Å². The van der Waals surface area contributed by atoms with E-state index in [0.29, 0.717) is 26.2 Å². The van der Waals surface area contributed by atoms with Crippen molar-refractivity contribution in [2.75, 3.05) is 44.2 Å². The zero-order valence-corrected chi connectivity index (χ0v) is 16.0. The van der Waals surface area contributed by atoms with E-state index in [1.54, 1.807) is 12.1 Å². The molecule has 2 rings (SSSR count). The zero-order chi connectivity index (χ0) is 20.0. The Kier molecular flexibility index (Phi) is 7.43. The highest BCUT2D eigenvalue weighted by Gasteiger charge is 2.43. The third kappa shape index (κ3) is 5.80. The Morgan fingerprint density at radius 1 is 1.33 bits per heavy atom. The first-order valence-corrected chi connectivity index (χ1v) is 9.26. The van der Waals surface area contributed by atoms with Gasteiger partial charge < -0.3 is 15.5 Å². The average molecular weight is 387 g/mol. The number of halogens is 3. The van der Waals surface area contributed by atoms with Crippen molar-refractivity contribution < 1.29 is 18.0 Å². The van der Waals surface area contributed by atoms with Gasteiger partial charge in [0.1, 0.15) is 11.9 Å². The van der Waals surface area contributed by atoms with E-state index >= 15 is 0 Å². The van der Waals surface area contributed by atoms with Gasteiger partial charge in [-0.05, 0) is 32.9 Å². The molecule has 1 aliphatic heterocycles. The lowest BCUT2D eigenvalue weighted by Gasteiger charge is -2.35. The number of rotatable bonds is 7. The van der Waals surface area contributed by atoms with E-state index in [0.717, 1.165) is 12.4 Å². The predicted octanol–water partition coefficient (Wildman–Crippen LogP) is 1.88. The smallest absolute Gasteiger partial charge is 0.354 e. The van der Waals surface area contributed by atoms with E-state index in [-0.39, 0.29) is 11.6 Å². The van der Waals surface area contributed by atoms with Crippen molar-refractivity contribution in [3.63, 3.8) is 0 Å². The second-order valence-electron chi connectivity index (χ2n) is 6.84. The molecule has 1 unspecified atom stereocenters. The molecule has 0 radical (unpaired) electrons. The van der Waals surface area contributed by atoms with Crippen molar-refractivity contribution in [3.8, 4) is 0 Å². The van der Waals surface area contributed by atoms with E-state index < -0.39 is 24.7 Å². The van der Waals surface area contributed by atoms with Crippen LogP contribution in [0.25, 0.3) is 0 Å². The fourth-order valence-corrected chi connectivity index (χ4v) is 3.22. The molecule has 9 heteroatoms. The fraction of sp³-hybridized carbons (Fsp3) is 0.667. The molecule has 0 aliphatic carbocycles. The highest BCUT2D eigenvalue weighted by atomic mass is 19.4. The summed E-state index contributed by atoms with van der Waals surface area (Å²) in [7, 11) is 0. The number of hydrogen-bond acceptors (Lipinski definition) is 5. The van der Waals surface area contributed by atoms with Crippen molar-refractivity contribution in [3.05, 3.63) is 23.9 Å². The number of hydrogen-bond donors (Lipinski definition) is 2. The highest BCUT2D eigenvalue weighted by molar-refractivity contribution is 5.94. The number of piperazine rings is 1. The van der Waals surface area contributed by atoms with E-state index in [1.807, 2.05) is 20.8 Å². The first kappa shape index (κ1) is 21.4. The van der Waals surface area contributed by atoms with Gasteiger partial charge in [0.05, 0.1) is 5.56 Å². The summed E-state index contributed by atoms with van der Waals surface area (Å²) in [5, 5.41) is 5.44. The van der Waals surface area contributed by atoms with Crippen LogP contribution in [0.2, 0.25) is 0 Å². The summed E-state index contributed by atoms with van der Waals surface area (Å²) in [5.74, 6) is 0.184. The van der Waals surface area contributed by atoms with E-state index in [2.05, 4.69) is 20.5 Å². The van der Waals surface area contributed by atoms with Gasteiger partial charge in [0.15, 0.2) is 0 Å². The van der Waals surface area contributed by atoms with E-state index in [4.69, 9.17) is 0 Å². The molecule has 6 nitrogen and oxygen atoms in total. The number of nitrogens with zero attached hydrogens (tertiary/aromatic N) is 3. The van der Waals surface area contributed by atoms with Crippen LogP contribution in [-0.2, 0) is 0 Å². The second kappa shape index (κ2) is 9.36. The van der Waals surface area contributed by atoms with Gasteiger partial charge >= 0.3 is 6.18 Å². The van der Waals surface area contributed by atoms with Crippen LogP contribution in [0, 0.1) is 0 Å². The molecule has 0 aromatic carbocycles. The van der Waals surface area contributed by atoms with Gasteiger partial charge in [-0.1, -0.05) is 0 Å². The van der Waals surface area contributed by atoms with Crippen molar-refractivity contribution in [1.82, 2.24) is 20.5 Å². The molecule has 1 aromatic heterocycles. The van der Waals surface area contributed by atoms with Crippen LogP contribution >= 0.6 is 0 Å². The Hall–Kier alpha value is -1.87. The van der Waals surface area contributed by atoms with Gasteiger partial charge in [0, 0.05) is 51.5 Å². The van der Waals surface area contributed by atoms with Crippen LogP contribution in [0.4, 0.5) is 19.0 Å². The molecule has 2 N–H and O–H groups in total. The number of anilines is 1. The van der Waals surface area contributed by atoms with E-state index in [1.165, 1.54) is 11.1 Å². The highest BCUT2D eigenvalue weighted by Crippen LogP contribution is 2.25. The summed E-state index contributed by atoms with van der Waals surface area (Å²) >= 11 is 0. The quantitative estimate of drug-likeness (QED) is 0.748. The zero-order valence-electron chi connectivity index (χ0n) is 16.0. The summed E-state index contributed by atoms with van der Waals surface area (Å²) in [6.45, 7) is 8.02. The molecule has 0 spiro atoms. The fourth-order valence-electron chi connectivity index (χ4n) is 3.22. The third-order valence-corrected chi connectivity index (χ3v) is 4.69. The molecule has 152 valence electrons. The largest absolute Gasteiger partial charge is 0.405 e. The number of carbonyl (C=O) groups excluding carboxylic acids is 1. The lowest BCUT2D eigenvalue weighted by molar-refractivity contribution is -0.183. The van der Waals surface area contributed by atoms with Crippen molar-refractivity contribution in [1.29, 1.82) is 0 Å². The summed E-state index contributed by atoms with van der Waals surface area (Å²) in [5.41, 5.74) is 0.250. The first-order valence-electron chi connectivity index (χ1n) is 9.26. The average Bonchev–Trinajstić information content (AvgIpc) is 2.62. The number of pyridine rings is 1. The summed E-state index contributed by atoms with van der Waals surface area (Å²) < 4.78 is 40.1. The third-order valence-electron chi connectivity index (χ3n) is 4.69. The monoisotopic (exact) mass is 387 g/mol. The van der Waals surface area contributed by atoms with Crippen molar-refractivity contribution in [2.24, 2.45) is 0 Å². The maximum Gasteiger partial charge on any atom is 0.405 e. The molecule has 1 atom stereocenters. The van der Waals surface area contributed by atoms with Crippen LogP contribution in [0.3, 0.4) is 0 Å². The van der Waals surface area contributed by atoms with Gasteiger partial charge in [-0.25, -0.2) is 4.98 Å². The Bertz CT molecular complexity index is 600. The Morgan fingerprint density at radius 3 is 2.48 bits per heavy atom. The lowest BCUT2D eigenvalue weighted by atomic mass is 10.2. The normalized spacial score (nSPS) is 17.0. The van der Waals surface area contributed by atoms with Gasteiger partial charge in [-0.15, -0.1) is 0 Å². The molecule has 1 aromatic rings. The number of nitrogens with one attached hydrogen (secondary N) is 2. The Labute approximate surface area is 158 Å². The minimum atomic E-state index is -4.40. The Balaban J connectivity index is 2.00. The van der Waals surface area contributed by atoms with Crippen molar-refractivity contribution >= 4 is 11.7 Å². The molecule has 0 saturated carbocycles. The Morgan fingerprint density at radius 2 is 2.00 bits per heavy atom. The van der Waals surface area contributed by atoms with Crippen LogP contribution in [0.5, 0.6) is 0 Å². The van der Waals surface area contributed by atoms with Crippen LogP contribution < -0.4 is 15.5 Å². The van der Waals surface area contributed by atoms with Gasteiger partial charge in [0.25, 0.3) is 5.91 Å². The molecular formula is C18H28F3N5O. The van der Waals surface area contributed by atoms with Gasteiger partial charge in [0.2, 0.25) is 0 Å². The maximum atomic E-state index is 13.4. The topological polar surface area (TPSA) is 60.5 Å². The van der Waals surface area contributed by atoms with Crippen molar-refractivity contribution in [2.45, 2.75) is 39.0 Å². The molecule has 0 bridgehead atoms. The van der Waals surface area contributed by atoms with Crippen LogP contribution in [-0.4, -0.2) is 73.3 Å². The second-order valence-corrected chi connectivity index (χ2v) is 6.84. The minimum Gasteiger partial charge on any atom is -0.354 e. The predicted molar refractivity (Wildman–Crippen MR) is 99.0 cm³/mol. The van der Waals surface area contributed by atoms with Gasteiger partial charge in [-0.3, -0.25) is 9.69 Å². The minimum absolute atomic E-state index is 0.250. The molecule has 2 heterocycles. The lowest BCUT2D eigenvalue weighted by Crippen LogP contribution is -2.57. The summed E-state index contributed by atoms with van der Waals surface area (Å²) in [6, 6.07) is 1.88. The number of amides is 1. The molecule has 1 amide bonds. The number of aromatic nitrogens is 1. The number of carbonyl (C=O) groups is 1. The molecule has 1 saturated heterocycles. The first-order chi connectivity index (χ1) is 12.7. The van der Waals surface area contributed by atoms with Gasteiger partial charge in [-0.2, -0.15) is 13.2 Å². The number of alkyl halides is 3.